The Morgan fingerprint density at radius 1 is 0.312 bits per heavy atom. The Bertz CT molecular complexity index is 3800. The third kappa shape index (κ3) is 39.8. The fourth-order valence-electron chi connectivity index (χ4n) is 11.2. The average molecular weight is 1620 g/mol. The summed E-state index contributed by atoms with van der Waals surface area (Å²) in [5.41, 5.74) is 11.2. The molecule has 0 aromatic heterocycles. The maximum atomic E-state index is 5.37. The summed E-state index contributed by atoms with van der Waals surface area (Å²) in [5.74, 6) is -0.00175. The Kier molecular flexibility index (Phi) is 47.5. The van der Waals surface area contributed by atoms with E-state index in [1.165, 1.54) is 96.6 Å². The number of hydrogen-bond donors (Lipinski definition) is 1. The summed E-state index contributed by atoms with van der Waals surface area (Å²) in [4.78, 5) is 5.18. The summed E-state index contributed by atoms with van der Waals surface area (Å²) in [7, 11) is -1.37. The molecule has 15 rings (SSSR count). The molecule has 554 valence electrons. The Labute approximate surface area is 698 Å². The largest absolute Gasteiger partial charge is 4.00 e. The molecular formula is C101H107N4P2Zr2-5. The maximum absolute atomic E-state index is 5.37. The van der Waals surface area contributed by atoms with Crippen LogP contribution in [-0.4, -0.2) is 23.6 Å². The molecule has 0 saturated heterocycles. The van der Waals surface area contributed by atoms with E-state index < -0.39 is 15.8 Å². The minimum atomic E-state index is -0.697. The normalized spacial score (nSPS) is 12.2. The summed E-state index contributed by atoms with van der Waals surface area (Å²) >= 11 is 0. The van der Waals surface area contributed by atoms with Gasteiger partial charge in [-0.25, -0.2) is 5.91 Å². The maximum Gasteiger partial charge on any atom is 4.00 e. The summed E-state index contributed by atoms with van der Waals surface area (Å²) < 4.78 is 0. The first-order valence-electron chi connectivity index (χ1n) is 37.2. The number of nitrogens with one attached hydrogen (secondary N) is 1. The first-order chi connectivity index (χ1) is 52.6. The fourth-order valence-corrected chi connectivity index (χ4v) is 15.9. The van der Waals surface area contributed by atoms with Crippen molar-refractivity contribution in [1.29, 1.82) is 0 Å². The van der Waals surface area contributed by atoms with Gasteiger partial charge in [0.25, 0.3) is 0 Å². The van der Waals surface area contributed by atoms with Crippen LogP contribution in [0, 0.1) is 48.5 Å². The Balaban J connectivity index is 0.000000241. The molecule has 1 N–H and O–H groups in total. The molecular weight excluding hydrogens is 1510 g/mol. The molecule has 0 bridgehead atoms. The number of aliphatic imine (C=N–C) groups is 1. The van der Waals surface area contributed by atoms with Gasteiger partial charge in [0.05, 0.1) is 6.54 Å². The topological polar surface area (TPSA) is 52.6 Å². The molecule has 13 aromatic rings. The van der Waals surface area contributed by atoms with Crippen LogP contribution in [0.25, 0.3) is 10.6 Å². The van der Waals surface area contributed by atoms with Crippen LogP contribution in [0.4, 0.5) is 0 Å². The van der Waals surface area contributed by atoms with Crippen molar-refractivity contribution in [3.05, 3.63) is 503 Å². The van der Waals surface area contributed by atoms with Crippen LogP contribution >= 0.6 is 15.8 Å². The molecule has 1 unspecified atom stereocenters. The van der Waals surface area contributed by atoms with Gasteiger partial charge in [-0.2, -0.15) is 172 Å². The first-order valence-corrected chi connectivity index (χ1v) is 40.0. The number of nitrogens with zero attached hydrogens (tertiary/aromatic N) is 3. The van der Waals surface area contributed by atoms with Crippen LogP contribution in [0.1, 0.15) is 114 Å². The van der Waals surface area contributed by atoms with E-state index in [1.807, 2.05) is 212 Å². The van der Waals surface area contributed by atoms with Gasteiger partial charge in [0.1, 0.15) is 5.58 Å². The Morgan fingerprint density at radius 3 is 0.817 bits per heavy atom. The third-order valence-electron chi connectivity index (χ3n) is 16.8. The zero-order valence-corrected chi connectivity index (χ0v) is 70.1. The molecule has 4 nitrogen and oxygen atoms in total. The summed E-state index contributed by atoms with van der Waals surface area (Å²) in [6.07, 6.45) is 12.9. The van der Waals surface area contributed by atoms with E-state index >= 15 is 0 Å². The van der Waals surface area contributed by atoms with Crippen molar-refractivity contribution >= 4 is 42.6 Å². The number of hydrogen-bond acceptors (Lipinski definition) is 1. The zero-order valence-electron chi connectivity index (χ0n) is 63.4. The molecule has 2 saturated carbocycles. The summed E-state index contributed by atoms with van der Waals surface area (Å²) in [5, 5.41) is 19.9. The van der Waals surface area contributed by atoms with Crippen molar-refractivity contribution < 1.29 is 52.4 Å². The Morgan fingerprint density at radius 2 is 0.550 bits per heavy atom. The van der Waals surface area contributed by atoms with Gasteiger partial charge in [-0.05, 0) is 39.6 Å². The quantitative estimate of drug-likeness (QED) is 0.0502. The number of rotatable bonds is 14. The molecule has 8 heteroatoms. The number of amidine groups is 1. The SMILES string of the molecule is [CH2-]c1ccccc1.[CH2-]c1ccccc1.[CH2-]c1ccccc1.[CH2-]c1ccccc1.[CH2-]c1ccccc1.[CH2-]c1ccccc1.[CH2-]c1ccccc1.[Zr+4].[Zr].c1ccc(CN=C(NC2CCCCC2)P(c2ccccc2)c2ccccc2)cc1.c1ccc(C[N-]C([N-]C2CCCCC2)P(c2ccccc2)c2ccccc2)cc1. The van der Waals surface area contributed by atoms with Crippen LogP contribution in [0.3, 0.4) is 0 Å². The molecule has 13 aromatic carbocycles. The second kappa shape index (κ2) is 57.1. The second-order valence-corrected chi connectivity index (χ2v) is 30.0. The molecule has 109 heavy (non-hydrogen) atoms. The van der Waals surface area contributed by atoms with E-state index in [-0.39, 0.29) is 58.3 Å². The zero-order chi connectivity index (χ0) is 75.2. The summed E-state index contributed by atoms with van der Waals surface area (Å²) in [6.45, 7) is 27.5. The molecule has 0 heterocycles. The molecule has 0 aliphatic heterocycles. The van der Waals surface area contributed by atoms with Gasteiger partial charge in [0.15, 0.2) is 0 Å². The number of benzene rings is 13. The monoisotopic (exact) mass is 1620 g/mol. The van der Waals surface area contributed by atoms with Gasteiger partial charge < -0.3 is 16.0 Å². The van der Waals surface area contributed by atoms with E-state index in [4.69, 9.17) is 15.6 Å². The van der Waals surface area contributed by atoms with Crippen molar-refractivity contribution in [3.8, 4) is 0 Å². The van der Waals surface area contributed by atoms with E-state index in [0.29, 0.717) is 18.6 Å². The molecule has 2 aliphatic carbocycles. The van der Waals surface area contributed by atoms with Crippen molar-refractivity contribution in [2.75, 3.05) is 0 Å². The van der Waals surface area contributed by atoms with Gasteiger partial charge in [-0.3, -0.25) is 4.99 Å². The standard InChI is InChI=1S/2C26H29N2P.7C7H7.2Zr/c2*1-5-13-22(14-6-1)21-27-26(28-23-15-7-2-8-16-23)29(24-17-9-3-10-18-24)25-19-11-4-12-20-25;7*1-7-5-3-2-4-6-7;;/h1,3-6,9-14,17-20,23H,2,7-8,15-16,21H2,(H,27,28);1,3-6,9-14,17-20,23,26H,2,7-8,15-16,21H2;7*2-6H,1H2;;/q;-2;7*-1;;+4. The van der Waals surface area contributed by atoms with Gasteiger partial charge in [-0.15, -0.1) is 97.5 Å². The molecule has 0 spiro atoms. The predicted octanol–water partition coefficient (Wildman–Crippen LogP) is 25.4. The molecule has 0 radical (unpaired) electrons. The van der Waals surface area contributed by atoms with Crippen molar-refractivity contribution in [2.45, 2.75) is 95.3 Å². The minimum Gasteiger partial charge on any atom is -0.671 e. The van der Waals surface area contributed by atoms with Crippen molar-refractivity contribution in [1.82, 2.24) is 5.32 Å². The minimum absolute atomic E-state index is 0. The predicted molar refractivity (Wildman–Crippen MR) is 470 cm³/mol. The van der Waals surface area contributed by atoms with E-state index in [2.05, 4.69) is 236 Å². The van der Waals surface area contributed by atoms with Crippen LogP contribution < -0.4 is 26.5 Å². The van der Waals surface area contributed by atoms with Crippen LogP contribution in [-0.2, 0) is 65.5 Å². The van der Waals surface area contributed by atoms with Crippen LogP contribution in [0.2, 0.25) is 0 Å². The van der Waals surface area contributed by atoms with Crippen LogP contribution in [0.5, 0.6) is 0 Å². The van der Waals surface area contributed by atoms with Crippen molar-refractivity contribution in [3.63, 3.8) is 0 Å². The fraction of sp³-hybridized carbons (Fsp3) is 0.149. The smallest absolute Gasteiger partial charge is 0.671 e. The molecule has 1 atom stereocenters. The molecule has 2 aliphatic rings. The average Bonchev–Trinajstić information content (AvgIpc) is 0.823. The Hall–Kier alpha value is -9.03. The first kappa shape index (κ1) is 90.6. The second-order valence-electron chi connectivity index (χ2n) is 25.7. The van der Waals surface area contributed by atoms with Gasteiger partial charge in [-0.1, -0.05) is 289 Å². The third-order valence-corrected chi connectivity index (χ3v) is 21.6. The van der Waals surface area contributed by atoms with Gasteiger partial charge in [0, 0.05) is 40.2 Å². The molecule has 0 amide bonds. The van der Waals surface area contributed by atoms with E-state index in [0.717, 1.165) is 51.1 Å². The van der Waals surface area contributed by atoms with E-state index in [1.54, 1.807) is 0 Å². The summed E-state index contributed by atoms with van der Waals surface area (Å²) in [6, 6.07) is 135. The van der Waals surface area contributed by atoms with Gasteiger partial charge >= 0.3 is 26.2 Å². The molecule has 2 fully saturated rings. The van der Waals surface area contributed by atoms with Crippen molar-refractivity contribution in [2.24, 2.45) is 4.99 Å². The van der Waals surface area contributed by atoms with Gasteiger partial charge in [0.2, 0.25) is 0 Å². The van der Waals surface area contributed by atoms with Crippen LogP contribution in [0.15, 0.2) is 399 Å². The van der Waals surface area contributed by atoms with E-state index in [9.17, 15) is 0 Å².